The summed E-state index contributed by atoms with van der Waals surface area (Å²) in [4.78, 5) is 8.60. The summed E-state index contributed by atoms with van der Waals surface area (Å²) in [7, 11) is 0. The van der Waals surface area contributed by atoms with Crippen molar-refractivity contribution in [1.29, 1.82) is 0 Å². The van der Waals surface area contributed by atoms with Crippen LogP contribution in [0.2, 0.25) is 0 Å². The Balaban J connectivity index is 0.000000198. The average Bonchev–Trinajstić information content (AvgIpc) is 3.68. The standard InChI is InChI=1S/C32H26NO.C20H15F3N.Ir/c1-32(2,3)20-21-11-13-22(14-12-21)24-17-18-33-29(19-24)28-10-6-9-26-27-16-15-23-7-4-5-8-25(23)30(27)34-31(26)28;1-14-7-9-17(11-18(14)16-5-3-2-4-6-16)19-10-8-15(13-24-19)12-20(21,22)23;/h4-9,11-19H,20H2,1-3H3;2-8,10-11,13H,12H2,1H3;/q2*-1;/i20D2;1D3,12D2;. The molecule has 0 aliphatic heterocycles. The Morgan fingerprint density at radius 2 is 1.41 bits per heavy atom. The van der Waals surface area contributed by atoms with E-state index in [1.165, 1.54) is 12.1 Å². The Labute approximate surface area is 366 Å². The summed E-state index contributed by atoms with van der Waals surface area (Å²) in [6.07, 6.45) is -7.38. The van der Waals surface area contributed by atoms with Gasteiger partial charge in [0.15, 0.2) is 0 Å². The van der Waals surface area contributed by atoms with Crippen molar-refractivity contribution in [2.45, 2.75) is 46.5 Å². The average molecular weight is 966 g/mol. The molecule has 0 aliphatic rings. The summed E-state index contributed by atoms with van der Waals surface area (Å²) >= 11 is 0. The zero-order valence-electron chi connectivity index (χ0n) is 39.2. The minimum absolute atomic E-state index is 0. The van der Waals surface area contributed by atoms with E-state index >= 15 is 0 Å². The summed E-state index contributed by atoms with van der Waals surface area (Å²) < 4.78 is 100.0. The molecule has 7 heteroatoms. The van der Waals surface area contributed by atoms with Crippen molar-refractivity contribution < 1.29 is 47.3 Å². The predicted octanol–water partition coefficient (Wildman–Crippen LogP) is 14.5. The second-order valence-electron chi connectivity index (χ2n) is 14.8. The van der Waals surface area contributed by atoms with E-state index in [9.17, 15) is 13.2 Å². The molecule has 3 heterocycles. The normalized spacial score (nSPS) is 14.1. The van der Waals surface area contributed by atoms with E-state index in [0.29, 0.717) is 22.3 Å². The fourth-order valence-electron chi connectivity index (χ4n) is 6.87. The van der Waals surface area contributed by atoms with E-state index in [0.717, 1.165) is 67.4 Å². The molecule has 9 rings (SSSR count). The summed E-state index contributed by atoms with van der Waals surface area (Å²) in [5.41, 5.74) is 6.70. The van der Waals surface area contributed by atoms with Crippen molar-refractivity contribution in [2.24, 2.45) is 5.41 Å². The molecule has 3 nitrogen and oxygen atoms in total. The van der Waals surface area contributed by atoms with Crippen LogP contribution in [0.5, 0.6) is 0 Å². The Morgan fingerprint density at radius 1 is 0.661 bits per heavy atom. The molecular weight excluding hydrogens is 918 g/mol. The second kappa shape index (κ2) is 17.1. The monoisotopic (exact) mass is 966 g/mol. The van der Waals surface area contributed by atoms with Gasteiger partial charge in [-0.15, -0.1) is 47.5 Å². The number of alkyl halides is 3. The zero-order valence-corrected chi connectivity index (χ0v) is 34.6. The fourth-order valence-corrected chi connectivity index (χ4v) is 6.87. The molecule has 297 valence electrons. The molecule has 0 saturated carbocycles. The Kier molecular flexibility index (Phi) is 9.59. The topological polar surface area (TPSA) is 38.9 Å². The predicted molar refractivity (Wildman–Crippen MR) is 230 cm³/mol. The van der Waals surface area contributed by atoms with Crippen LogP contribution in [0.25, 0.3) is 77.5 Å². The summed E-state index contributed by atoms with van der Waals surface area (Å²) in [6, 6.07) is 48.4. The number of aromatic nitrogens is 2. The number of fused-ring (bicyclic) bond motifs is 5. The molecule has 0 spiro atoms. The largest absolute Gasteiger partial charge is 0.500 e. The molecule has 9 aromatic rings. The zero-order chi connectivity index (χ0) is 46.5. The number of hydrogen-bond acceptors (Lipinski definition) is 3. The molecule has 59 heavy (non-hydrogen) atoms. The maximum absolute atomic E-state index is 12.9. The molecule has 0 atom stereocenters. The van der Waals surface area contributed by atoms with Gasteiger partial charge in [-0.2, -0.15) is 13.2 Å². The van der Waals surface area contributed by atoms with Gasteiger partial charge in [0.1, 0.15) is 5.58 Å². The van der Waals surface area contributed by atoms with Crippen LogP contribution in [0.15, 0.2) is 156 Å². The third kappa shape index (κ3) is 9.54. The van der Waals surface area contributed by atoms with Gasteiger partial charge in [-0.1, -0.05) is 153 Å². The first-order chi connectivity index (χ1) is 30.6. The number of pyridine rings is 2. The molecule has 3 aromatic heterocycles. The molecule has 0 saturated heterocycles. The molecule has 0 aliphatic carbocycles. The number of aryl methyl sites for hydroxylation is 1. The first-order valence-electron chi connectivity index (χ1n) is 22.1. The molecule has 1 radical (unpaired) electrons. The smallest absolute Gasteiger partial charge is 0.393 e. The van der Waals surface area contributed by atoms with Crippen molar-refractivity contribution in [2.75, 3.05) is 0 Å². The van der Waals surface area contributed by atoms with Crippen molar-refractivity contribution in [3.8, 4) is 44.8 Å². The minimum Gasteiger partial charge on any atom is -0.500 e. The van der Waals surface area contributed by atoms with Crippen molar-refractivity contribution in [1.82, 2.24) is 9.97 Å². The number of nitrogens with zero attached hydrogens (tertiary/aromatic N) is 2. The number of halogens is 3. The van der Waals surface area contributed by atoms with Gasteiger partial charge < -0.3 is 14.4 Å². The fraction of sp³-hybridized carbons (Fsp3) is 0.154. The van der Waals surface area contributed by atoms with Gasteiger partial charge in [-0.3, -0.25) is 0 Å². The van der Waals surface area contributed by atoms with E-state index < -0.39 is 36.8 Å². The van der Waals surface area contributed by atoms with Gasteiger partial charge in [0, 0.05) is 52.9 Å². The second-order valence-corrected chi connectivity index (χ2v) is 14.8. The van der Waals surface area contributed by atoms with E-state index in [2.05, 4.69) is 46.4 Å². The molecule has 0 N–H and O–H groups in total. The maximum atomic E-state index is 12.9. The third-order valence-corrected chi connectivity index (χ3v) is 9.44. The van der Waals surface area contributed by atoms with E-state index in [-0.39, 0.29) is 31.4 Å². The number of hydrogen-bond donors (Lipinski definition) is 0. The molecule has 0 fully saturated rings. The van der Waals surface area contributed by atoms with Gasteiger partial charge in [0.05, 0.1) is 12.0 Å². The Hall–Kier alpha value is -5.88. The number of rotatable bonds is 6. The molecule has 0 bridgehead atoms. The maximum Gasteiger partial charge on any atom is 0.393 e. The van der Waals surface area contributed by atoms with Crippen LogP contribution in [0.1, 0.15) is 47.1 Å². The first-order valence-corrected chi connectivity index (χ1v) is 18.6. The van der Waals surface area contributed by atoms with Crippen molar-refractivity contribution in [3.63, 3.8) is 0 Å². The van der Waals surface area contributed by atoms with Crippen LogP contribution in [-0.4, -0.2) is 16.1 Å². The van der Waals surface area contributed by atoms with Crippen LogP contribution >= 0.6 is 0 Å². The Bertz CT molecular complexity index is 3170. The van der Waals surface area contributed by atoms with Crippen LogP contribution in [0, 0.1) is 24.4 Å². The number of benzene rings is 6. The van der Waals surface area contributed by atoms with E-state index in [1.807, 2.05) is 81.4 Å². The summed E-state index contributed by atoms with van der Waals surface area (Å²) in [5.74, 6) is 0. The van der Waals surface area contributed by atoms with Gasteiger partial charge in [-0.05, 0) is 62.4 Å². The van der Waals surface area contributed by atoms with Crippen molar-refractivity contribution >= 4 is 32.7 Å². The molecular formula is C52H41F3IrN2O-2. The quantitative estimate of drug-likeness (QED) is 0.156. The summed E-state index contributed by atoms with van der Waals surface area (Å²) in [6.45, 7) is 3.40. The molecule has 0 amide bonds. The van der Waals surface area contributed by atoms with Crippen molar-refractivity contribution in [3.05, 3.63) is 181 Å². The summed E-state index contributed by atoms with van der Waals surface area (Å²) in [5, 5.41) is 4.37. The van der Waals surface area contributed by atoms with Crippen LogP contribution in [-0.2, 0) is 32.9 Å². The van der Waals surface area contributed by atoms with Gasteiger partial charge in [0.25, 0.3) is 0 Å². The first kappa shape index (κ1) is 33.0. The van der Waals surface area contributed by atoms with E-state index in [1.54, 1.807) is 42.6 Å². The Morgan fingerprint density at radius 3 is 2.14 bits per heavy atom. The van der Waals surface area contributed by atoms with E-state index in [4.69, 9.17) is 14.0 Å². The van der Waals surface area contributed by atoms with Crippen LogP contribution in [0.3, 0.4) is 0 Å². The van der Waals surface area contributed by atoms with Crippen LogP contribution in [0.4, 0.5) is 13.2 Å². The molecule has 0 unspecified atom stereocenters. The van der Waals surface area contributed by atoms with Gasteiger partial charge in [0.2, 0.25) is 0 Å². The minimum atomic E-state index is -5.07. The van der Waals surface area contributed by atoms with Gasteiger partial charge in [-0.25, -0.2) is 0 Å². The SMILES string of the molecule is [2H]C([2H])([2H])c1c[c-]c(-c2ccc(C([2H])([2H])C(F)(F)F)cn2)cc1-c1ccccc1.[2H]C([2H])(c1ccc(-c2ccnc(-c3[c-]ccc4c3oc3c5ccccc5ccc43)c2)cc1)C(C)(C)C.[Ir]. The third-order valence-electron chi connectivity index (χ3n) is 9.44. The van der Waals surface area contributed by atoms with Gasteiger partial charge >= 0.3 is 6.18 Å². The van der Waals surface area contributed by atoms with Crippen LogP contribution < -0.4 is 0 Å². The number of furan rings is 1. The molecule has 6 aromatic carbocycles.